The third-order valence-corrected chi connectivity index (χ3v) is 5.07. The summed E-state index contributed by atoms with van der Waals surface area (Å²) < 4.78 is 17.5. The lowest BCUT2D eigenvalue weighted by Crippen LogP contribution is -2.45. The average molecular weight is 332 g/mol. The summed E-state index contributed by atoms with van der Waals surface area (Å²) in [4.78, 5) is 0. The van der Waals surface area contributed by atoms with E-state index < -0.39 is 11.6 Å². The van der Waals surface area contributed by atoms with E-state index in [9.17, 15) is 4.39 Å². The van der Waals surface area contributed by atoms with Gasteiger partial charge in [0.15, 0.2) is 0 Å². The lowest BCUT2D eigenvalue weighted by atomic mass is 9.81. The molecule has 4 heteroatoms. The topological polar surface area (TPSA) is 38.0 Å². The van der Waals surface area contributed by atoms with E-state index in [0.717, 1.165) is 24.0 Å². The van der Waals surface area contributed by atoms with Crippen LogP contribution in [0.4, 0.5) is 4.39 Å². The molecule has 23 heavy (non-hydrogen) atoms. The van der Waals surface area contributed by atoms with Crippen LogP contribution in [0.2, 0.25) is 0 Å². The van der Waals surface area contributed by atoms with E-state index >= 15 is 0 Å². The summed E-state index contributed by atoms with van der Waals surface area (Å²) in [6.45, 7) is 5.99. The van der Waals surface area contributed by atoms with E-state index in [-0.39, 0.29) is 5.82 Å². The quantitative estimate of drug-likeness (QED) is 0.690. The molecule has 0 heterocycles. The number of benzene rings is 2. The van der Waals surface area contributed by atoms with Crippen LogP contribution in [0.5, 0.6) is 0 Å². The molecule has 0 radical (unpaired) electrons. The van der Waals surface area contributed by atoms with Crippen molar-refractivity contribution < 1.29 is 4.39 Å². The Balaban J connectivity index is 2.42. The minimum Gasteiger partial charge on any atom is -0.322 e. The fourth-order valence-corrected chi connectivity index (χ4v) is 3.05. The van der Waals surface area contributed by atoms with Crippen LogP contribution in [0.25, 0.3) is 0 Å². The molecule has 2 rings (SSSR count). The second-order valence-electron chi connectivity index (χ2n) is 6.05. The van der Waals surface area contributed by atoms with Gasteiger partial charge in [0.2, 0.25) is 0 Å². The molecule has 3 N–H and O–H groups in total. The second kappa shape index (κ2) is 7.47. The molecule has 0 amide bonds. The van der Waals surface area contributed by atoms with Crippen molar-refractivity contribution in [3.05, 3.63) is 70.5 Å². The van der Waals surface area contributed by atoms with Crippen LogP contribution in [0.15, 0.2) is 42.5 Å². The molecule has 2 nitrogen and oxygen atoms in total. The molecule has 124 valence electrons. The molecule has 2 unspecified atom stereocenters. The van der Waals surface area contributed by atoms with Gasteiger partial charge in [-0.25, -0.2) is 4.39 Å². The Morgan fingerprint density at radius 3 is 2.13 bits per heavy atom. The molecular formula is C19H25FN2S. The molecule has 2 aromatic rings. The Kier molecular flexibility index (Phi) is 5.84. The largest absolute Gasteiger partial charge is 0.322 e. The first-order valence-electron chi connectivity index (χ1n) is 8.00. The van der Waals surface area contributed by atoms with Crippen molar-refractivity contribution in [3.8, 4) is 0 Å². The molecular weight excluding hydrogens is 307 g/mol. The highest BCUT2D eigenvalue weighted by molar-refractivity contribution is 7.78. The monoisotopic (exact) mass is 332 g/mol. The summed E-state index contributed by atoms with van der Waals surface area (Å²) in [5, 5.41) is 0. The van der Waals surface area contributed by atoms with Gasteiger partial charge >= 0.3 is 0 Å². The summed E-state index contributed by atoms with van der Waals surface area (Å²) in [6.07, 6.45) is 1.78. The average Bonchev–Trinajstić information content (AvgIpc) is 2.60. The van der Waals surface area contributed by atoms with E-state index in [0.29, 0.717) is 5.56 Å². The predicted octanol–water partition coefficient (Wildman–Crippen LogP) is 4.30. The van der Waals surface area contributed by atoms with Crippen LogP contribution in [0.3, 0.4) is 0 Å². The van der Waals surface area contributed by atoms with E-state index in [4.69, 9.17) is 5.73 Å². The lowest BCUT2D eigenvalue weighted by Gasteiger charge is -2.36. The first-order valence-corrected chi connectivity index (χ1v) is 8.45. The number of nitrogens with one attached hydrogen (secondary N) is 1. The van der Waals surface area contributed by atoms with Crippen molar-refractivity contribution in [1.82, 2.24) is 4.72 Å². The van der Waals surface area contributed by atoms with E-state index in [2.05, 4.69) is 36.6 Å². The molecule has 0 saturated carbocycles. The standard InChI is InChI=1S/C19H25FN2S/c1-4-13-6-9-15(10-7-13)18(21)19(3,22-23)16-11-8-14(5-2)12-17(16)20/h6-12,18,22-23H,4-5,21H2,1-3H3. The molecule has 0 aliphatic heterocycles. The molecule has 0 aliphatic rings. The molecule has 0 aromatic heterocycles. The summed E-state index contributed by atoms with van der Waals surface area (Å²) in [5.41, 5.74) is 9.35. The van der Waals surface area contributed by atoms with Crippen molar-refractivity contribution in [2.75, 3.05) is 0 Å². The Bertz CT molecular complexity index is 657. The zero-order chi connectivity index (χ0) is 17.0. The third kappa shape index (κ3) is 3.60. The van der Waals surface area contributed by atoms with Crippen molar-refractivity contribution in [1.29, 1.82) is 0 Å². The van der Waals surface area contributed by atoms with Crippen LogP contribution >= 0.6 is 12.8 Å². The van der Waals surface area contributed by atoms with Crippen molar-refractivity contribution in [2.24, 2.45) is 5.73 Å². The number of thiol groups is 1. The Morgan fingerprint density at radius 1 is 1.09 bits per heavy atom. The summed E-state index contributed by atoms with van der Waals surface area (Å²) in [6, 6.07) is 13.0. The summed E-state index contributed by atoms with van der Waals surface area (Å²) in [5.74, 6) is -0.256. The Labute approximate surface area is 143 Å². The van der Waals surface area contributed by atoms with Crippen LogP contribution in [0, 0.1) is 5.82 Å². The van der Waals surface area contributed by atoms with Gasteiger partial charge in [-0.05, 0) is 42.5 Å². The van der Waals surface area contributed by atoms with Crippen molar-refractivity contribution in [3.63, 3.8) is 0 Å². The number of hydrogen-bond donors (Lipinski definition) is 3. The van der Waals surface area contributed by atoms with Gasteiger partial charge in [0.1, 0.15) is 5.82 Å². The maximum atomic E-state index is 14.6. The summed E-state index contributed by atoms with van der Waals surface area (Å²) in [7, 11) is 0. The first kappa shape index (κ1) is 18.0. The number of rotatable bonds is 6. The van der Waals surface area contributed by atoms with Gasteiger partial charge in [-0.15, -0.1) is 0 Å². The third-order valence-electron chi connectivity index (χ3n) is 4.60. The zero-order valence-corrected chi connectivity index (χ0v) is 14.8. The van der Waals surface area contributed by atoms with Crippen LogP contribution < -0.4 is 10.5 Å². The fraction of sp³-hybridized carbons (Fsp3) is 0.368. The van der Waals surface area contributed by atoms with E-state index in [1.165, 1.54) is 5.56 Å². The lowest BCUT2D eigenvalue weighted by molar-refractivity contribution is 0.353. The minimum atomic E-state index is -0.812. The van der Waals surface area contributed by atoms with Crippen LogP contribution in [-0.4, -0.2) is 0 Å². The van der Waals surface area contributed by atoms with E-state index in [1.807, 2.05) is 32.0 Å². The fourth-order valence-electron chi connectivity index (χ4n) is 2.79. The van der Waals surface area contributed by atoms with Gasteiger partial charge in [0.25, 0.3) is 0 Å². The van der Waals surface area contributed by atoms with Gasteiger partial charge in [0, 0.05) is 5.56 Å². The van der Waals surface area contributed by atoms with Gasteiger partial charge in [-0.1, -0.05) is 63.1 Å². The van der Waals surface area contributed by atoms with E-state index in [1.54, 1.807) is 12.1 Å². The molecule has 0 saturated heterocycles. The highest BCUT2D eigenvalue weighted by atomic mass is 32.1. The van der Waals surface area contributed by atoms with Gasteiger partial charge < -0.3 is 5.73 Å². The van der Waals surface area contributed by atoms with Gasteiger partial charge in [-0.2, -0.15) is 0 Å². The Morgan fingerprint density at radius 2 is 1.65 bits per heavy atom. The second-order valence-corrected chi connectivity index (χ2v) is 6.28. The van der Waals surface area contributed by atoms with Crippen LogP contribution in [-0.2, 0) is 18.4 Å². The highest BCUT2D eigenvalue weighted by Crippen LogP contribution is 2.35. The summed E-state index contributed by atoms with van der Waals surface area (Å²) >= 11 is 4.24. The van der Waals surface area contributed by atoms with Crippen molar-refractivity contribution >= 4 is 12.8 Å². The maximum Gasteiger partial charge on any atom is 0.128 e. The van der Waals surface area contributed by atoms with Crippen LogP contribution in [0.1, 0.15) is 49.1 Å². The Hall–Kier alpha value is -1.36. The molecule has 0 bridgehead atoms. The molecule has 2 atom stereocenters. The number of aryl methyl sites for hydroxylation is 2. The SMILES string of the molecule is CCc1ccc(C(N)C(C)(NS)c2ccc(CC)cc2F)cc1. The smallest absolute Gasteiger partial charge is 0.128 e. The highest BCUT2D eigenvalue weighted by Gasteiger charge is 2.36. The maximum absolute atomic E-state index is 14.6. The number of halogens is 1. The predicted molar refractivity (Wildman–Crippen MR) is 98.0 cm³/mol. The molecule has 0 fully saturated rings. The zero-order valence-electron chi connectivity index (χ0n) is 13.9. The molecule has 2 aromatic carbocycles. The number of nitrogens with two attached hydrogens (primary N) is 1. The molecule has 0 spiro atoms. The number of hydrogen-bond acceptors (Lipinski definition) is 3. The van der Waals surface area contributed by atoms with Crippen molar-refractivity contribution in [2.45, 2.75) is 45.2 Å². The first-order chi connectivity index (χ1) is 11.0. The normalized spacial score (nSPS) is 15.2. The van der Waals surface area contributed by atoms with Gasteiger partial charge in [0.05, 0.1) is 11.6 Å². The van der Waals surface area contributed by atoms with Gasteiger partial charge in [-0.3, -0.25) is 4.72 Å². The minimum absolute atomic E-state index is 0.256. The molecule has 0 aliphatic carbocycles.